The number of methoxy groups -OCH3 is 1. The Morgan fingerprint density at radius 1 is 1.21 bits per heavy atom. The number of hydrogen-bond acceptors (Lipinski definition) is 6. The van der Waals surface area contributed by atoms with Gasteiger partial charge in [0.25, 0.3) is 5.91 Å². The monoisotopic (exact) mass is 324 g/mol. The summed E-state index contributed by atoms with van der Waals surface area (Å²) in [6, 6.07) is 12.5. The van der Waals surface area contributed by atoms with Gasteiger partial charge in [-0.2, -0.15) is 0 Å². The van der Waals surface area contributed by atoms with Crippen LogP contribution >= 0.6 is 0 Å². The van der Waals surface area contributed by atoms with E-state index in [1.54, 1.807) is 31.5 Å². The number of carbonyl (C=O) groups is 1. The molecule has 1 aromatic carbocycles. The molecular formula is C17H16N4O3. The number of para-hydroxylation sites is 2. The summed E-state index contributed by atoms with van der Waals surface area (Å²) in [6.45, 7) is 0.276. The molecule has 0 radical (unpaired) electrons. The second kappa shape index (κ2) is 7.28. The zero-order chi connectivity index (χ0) is 16.8. The third-order valence-corrected chi connectivity index (χ3v) is 3.33. The Morgan fingerprint density at radius 3 is 2.88 bits per heavy atom. The van der Waals surface area contributed by atoms with Crippen molar-refractivity contribution in [1.82, 2.24) is 15.5 Å². The first-order valence-corrected chi connectivity index (χ1v) is 7.30. The number of ether oxygens (including phenoxy) is 1. The maximum atomic E-state index is 12.4. The van der Waals surface area contributed by atoms with E-state index in [2.05, 4.69) is 20.8 Å². The van der Waals surface area contributed by atoms with Gasteiger partial charge in [-0.15, -0.1) is 0 Å². The molecule has 0 unspecified atom stereocenters. The van der Waals surface area contributed by atoms with E-state index in [1.165, 1.54) is 6.26 Å². The summed E-state index contributed by atoms with van der Waals surface area (Å²) in [7, 11) is 1.59. The van der Waals surface area contributed by atoms with Gasteiger partial charge >= 0.3 is 0 Å². The first-order valence-electron chi connectivity index (χ1n) is 7.30. The Kier molecular flexibility index (Phi) is 4.71. The molecule has 0 aliphatic rings. The second-order valence-corrected chi connectivity index (χ2v) is 4.90. The number of anilines is 2. The SMILES string of the molecule is COc1ccccc1Nc1ncccc1C(=O)NCc1ccon1. The lowest BCUT2D eigenvalue weighted by atomic mass is 10.2. The van der Waals surface area contributed by atoms with Crippen LogP contribution in [0.15, 0.2) is 59.4 Å². The summed E-state index contributed by atoms with van der Waals surface area (Å²) in [4.78, 5) is 16.7. The van der Waals surface area contributed by atoms with Crippen molar-refractivity contribution >= 4 is 17.4 Å². The Morgan fingerprint density at radius 2 is 2.08 bits per heavy atom. The molecule has 1 amide bonds. The summed E-state index contributed by atoms with van der Waals surface area (Å²) in [5.41, 5.74) is 1.79. The molecule has 0 saturated carbocycles. The van der Waals surface area contributed by atoms with E-state index in [-0.39, 0.29) is 12.5 Å². The zero-order valence-electron chi connectivity index (χ0n) is 13.0. The second-order valence-electron chi connectivity index (χ2n) is 4.90. The molecule has 3 rings (SSSR count). The van der Waals surface area contributed by atoms with E-state index < -0.39 is 0 Å². The van der Waals surface area contributed by atoms with Gasteiger partial charge in [-0.3, -0.25) is 4.79 Å². The van der Waals surface area contributed by atoms with Gasteiger partial charge in [0.1, 0.15) is 23.5 Å². The number of nitrogens with zero attached hydrogens (tertiary/aromatic N) is 2. The van der Waals surface area contributed by atoms with Gasteiger partial charge in [0, 0.05) is 12.3 Å². The maximum Gasteiger partial charge on any atom is 0.255 e. The van der Waals surface area contributed by atoms with Gasteiger partial charge in [0.15, 0.2) is 0 Å². The fourth-order valence-electron chi connectivity index (χ4n) is 2.16. The molecule has 2 aromatic heterocycles. The molecule has 24 heavy (non-hydrogen) atoms. The lowest BCUT2D eigenvalue weighted by Crippen LogP contribution is -2.24. The Labute approximate surface area is 138 Å². The van der Waals surface area contributed by atoms with Crippen molar-refractivity contribution in [2.75, 3.05) is 12.4 Å². The highest BCUT2D eigenvalue weighted by atomic mass is 16.5. The molecule has 0 saturated heterocycles. The largest absolute Gasteiger partial charge is 0.495 e. The number of aromatic nitrogens is 2. The lowest BCUT2D eigenvalue weighted by Gasteiger charge is -2.13. The van der Waals surface area contributed by atoms with Gasteiger partial charge in [-0.1, -0.05) is 17.3 Å². The molecule has 0 aliphatic heterocycles. The molecule has 0 spiro atoms. The zero-order valence-corrected chi connectivity index (χ0v) is 13.0. The minimum atomic E-state index is -0.261. The Hall–Kier alpha value is -3.35. The molecule has 2 N–H and O–H groups in total. The average Bonchev–Trinajstić information content (AvgIpc) is 3.14. The van der Waals surface area contributed by atoms with Gasteiger partial charge in [0.05, 0.1) is 24.9 Å². The fraction of sp³-hybridized carbons (Fsp3) is 0.118. The first kappa shape index (κ1) is 15.5. The number of nitrogens with one attached hydrogen (secondary N) is 2. The molecule has 7 heteroatoms. The quantitative estimate of drug-likeness (QED) is 0.725. The molecule has 3 aromatic rings. The topological polar surface area (TPSA) is 89.3 Å². The number of pyridine rings is 1. The molecule has 2 heterocycles. The highest BCUT2D eigenvalue weighted by Gasteiger charge is 2.14. The molecule has 0 bridgehead atoms. The Bertz CT molecular complexity index is 818. The first-order chi connectivity index (χ1) is 11.8. The standard InChI is InChI=1S/C17H16N4O3/c1-23-15-7-3-2-6-14(15)20-16-13(5-4-9-18-16)17(22)19-11-12-8-10-24-21-12/h2-10H,11H2,1H3,(H,18,20)(H,19,22). The van der Waals surface area contributed by atoms with E-state index in [4.69, 9.17) is 9.26 Å². The van der Waals surface area contributed by atoms with E-state index >= 15 is 0 Å². The summed E-state index contributed by atoms with van der Waals surface area (Å²) in [5.74, 6) is 0.847. The van der Waals surface area contributed by atoms with E-state index in [9.17, 15) is 4.79 Å². The summed E-state index contributed by atoms with van der Waals surface area (Å²) < 4.78 is 10.0. The van der Waals surface area contributed by atoms with E-state index in [0.717, 1.165) is 5.69 Å². The highest BCUT2D eigenvalue weighted by Crippen LogP contribution is 2.27. The lowest BCUT2D eigenvalue weighted by molar-refractivity contribution is 0.0950. The highest BCUT2D eigenvalue weighted by molar-refractivity contribution is 5.99. The van der Waals surface area contributed by atoms with Gasteiger partial charge in [0.2, 0.25) is 0 Å². The van der Waals surface area contributed by atoms with E-state index in [0.29, 0.717) is 22.8 Å². The van der Waals surface area contributed by atoms with Crippen molar-refractivity contribution < 1.29 is 14.1 Å². The average molecular weight is 324 g/mol. The fourth-order valence-corrected chi connectivity index (χ4v) is 2.16. The Balaban J connectivity index is 1.78. The molecule has 7 nitrogen and oxygen atoms in total. The third-order valence-electron chi connectivity index (χ3n) is 3.33. The van der Waals surface area contributed by atoms with Crippen LogP contribution in [0.2, 0.25) is 0 Å². The summed E-state index contributed by atoms with van der Waals surface area (Å²) in [5, 5.41) is 9.68. The van der Waals surface area contributed by atoms with Crippen LogP contribution in [0.1, 0.15) is 16.1 Å². The van der Waals surface area contributed by atoms with E-state index in [1.807, 2.05) is 24.3 Å². The molecule has 122 valence electrons. The molecule has 0 aliphatic carbocycles. The van der Waals surface area contributed by atoms with Crippen LogP contribution in [0, 0.1) is 0 Å². The predicted molar refractivity (Wildman–Crippen MR) is 88.2 cm³/mol. The molecular weight excluding hydrogens is 308 g/mol. The molecule has 0 atom stereocenters. The maximum absolute atomic E-state index is 12.4. The summed E-state index contributed by atoms with van der Waals surface area (Å²) >= 11 is 0. The number of benzene rings is 1. The van der Waals surface area contributed by atoms with Crippen molar-refractivity contribution in [2.24, 2.45) is 0 Å². The minimum Gasteiger partial charge on any atom is -0.495 e. The van der Waals surface area contributed by atoms with Crippen molar-refractivity contribution in [3.63, 3.8) is 0 Å². The van der Waals surface area contributed by atoms with Crippen molar-refractivity contribution in [3.8, 4) is 5.75 Å². The minimum absolute atomic E-state index is 0.261. The van der Waals surface area contributed by atoms with Gasteiger partial charge in [-0.05, 0) is 24.3 Å². The number of carbonyl (C=O) groups excluding carboxylic acids is 1. The van der Waals surface area contributed by atoms with Crippen LogP contribution in [0.4, 0.5) is 11.5 Å². The molecule has 0 fully saturated rings. The van der Waals surface area contributed by atoms with Gasteiger partial charge in [-0.25, -0.2) is 4.98 Å². The predicted octanol–water partition coefficient (Wildman–Crippen LogP) is 2.75. The van der Waals surface area contributed by atoms with Crippen molar-refractivity contribution in [3.05, 3.63) is 66.2 Å². The van der Waals surface area contributed by atoms with Crippen LogP contribution < -0.4 is 15.4 Å². The van der Waals surface area contributed by atoms with Gasteiger partial charge < -0.3 is 19.9 Å². The van der Waals surface area contributed by atoms with Crippen molar-refractivity contribution in [1.29, 1.82) is 0 Å². The van der Waals surface area contributed by atoms with Crippen LogP contribution in [-0.2, 0) is 6.54 Å². The van der Waals surface area contributed by atoms with Crippen LogP contribution in [-0.4, -0.2) is 23.2 Å². The van der Waals surface area contributed by atoms with Crippen LogP contribution in [0.5, 0.6) is 5.75 Å². The number of rotatable bonds is 6. The number of amides is 1. The van der Waals surface area contributed by atoms with Crippen LogP contribution in [0.3, 0.4) is 0 Å². The van der Waals surface area contributed by atoms with Crippen LogP contribution in [0.25, 0.3) is 0 Å². The number of hydrogen-bond donors (Lipinski definition) is 2. The third kappa shape index (κ3) is 3.52. The normalized spacial score (nSPS) is 10.2. The van der Waals surface area contributed by atoms with Crippen molar-refractivity contribution in [2.45, 2.75) is 6.54 Å². The smallest absolute Gasteiger partial charge is 0.255 e. The summed E-state index contributed by atoms with van der Waals surface area (Å²) in [6.07, 6.45) is 3.08.